The summed E-state index contributed by atoms with van der Waals surface area (Å²) in [5, 5.41) is 0. The molecule has 1 aromatic rings. The first-order valence-corrected chi connectivity index (χ1v) is 4.77. The molecule has 1 aromatic heterocycles. The Kier molecular flexibility index (Phi) is 3.47. The average Bonchev–Trinajstić information content (AvgIpc) is 2.18. The van der Waals surface area contributed by atoms with Crippen molar-refractivity contribution in [2.24, 2.45) is 11.1 Å². The maximum Gasteiger partial charge on any atom is 0.140 e. The highest BCUT2D eigenvalue weighted by Gasteiger charge is 2.19. The van der Waals surface area contributed by atoms with Crippen molar-refractivity contribution in [3.8, 4) is 5.75 Å². The quantitative estimate of drug-likeness (QED) is 0.792. The van der Waals surface area contributed by atoms with E-state index in [1.165, 1.54) is 0 Å². The fourth-order valence-electron chi connectivity index (χ4n) is 1.27. The first-order chi connectivity index (χ1) is 6.59. The Morgan fingerprint density at radius 3 is 2.79 bits per heavy atom. The topological polar surface area (TPSA) is 48.1 Å². The molecule has 0 spiro atoms. The summed E-state index contributed by atoms with van der Waals surface area (Å²) in [6, 6.07) is 3.80. The Balaban J connectivity index is 2.85. The molecule has 0 aliphatic heterocycles. The lowest BCUT2D eigenvalue weighted by Gasteiger charge is -2.22. The van der Waals surface area contributed by atoms with Crippen LogP contribution in [0.15, 0.2) is 18.3 Å². The lowest BCUT2D eigenvalue weighted by molar-refractivity contribution is 0.353. The van der Waals surface area contributed by atoms with Crippen LogP contribution in [0, 0.1) is 5.41 Å². The normalized spacial score (nSPS) is 11.4. The van der Waals surface area contributed by atoms with E-state index in [0.29, 0.717) is 6.54 Å². The van der Waals surface area contributed by atoms with E-state index in [9.17, 15) is 0 Å². The van der Waals surface area contributed by atoms with E-state index < -0.39 is 0 Å². The zero-order valence-electron chi connectivity index (χ0n) is 9.08. The van der Waals surface area contributed by atoms with Crippen molar-refractivity contribution in [2.45, 2.75) is 20.3 Å². The van der Waals surface area contributed by atoms with Crippen LogP contribution in [-0.4, -0.2) is 18.6 Å². The predicted molar refractivity (Wildman–Crippen MR) is 57.3 cm³/mol. The van der Waals surface area contributed by atoms with E-state index in [0.717, 1.165) is 17.9 Å². The fraction of sp³-hybridized carbons (Fsp3) is 0.545. The van der Waals surface area contributed by atoms with Crippen molar-refractivity contribution < 1.29 is 4.74 Å². The van der Waals surface area contributed by atoms with E-state index >= 15 is 0 Å². The number of methoxy groups -OCH3 is 1. The second-order valence-corrected chi connectivity index (χ2v) is 4.20. The zero-order chi connectivity index (χ0) is 10.6. The molecule has 0 radical (unpaired) electrons. The van der Waals surface area contributed by atoms with Gasteiger partial charge in [0.05, 0.1) is 12.8 Å². The second-order valence-electron chi connectivity index (χ2n) is 4.20. The SMILES string of the molecule is COc1cccnc1CC(C)(C)CN. The van der Waals surface area contributed by atoms with Gasteiger partial charge in [0.1, 0.15) is 5.75 Å². The number of nitrogens with zero attached hydrogens (tertiary/aromatic N) is 1. The molecule has 3 nitrogen and oxygen atoms in total. The lowest BCUT2D eigenvalue weighted by Crippen LogP contribution is -2.26. The summed E-state index contributed by atoms with van der Waals surface area (Å²) in [5.74, 6) is 0.842. The van der Waals surface area contributed by atoms with Gasteiger partial charge in [0.15, 0.2) is 0 Å². The van der Waals surface area contributed by atoms with Crippen molar-refractivity contribution in [2.75, 3.05) is 13.7 Å². The molecule has 0 unspecified atom stereocenters. The molecule has 0 amide bonds. The van der Waals surface area contributed by atoms with Gasteiger partial charge in [-0.3, -0.25) is 4.98 Å². The van der Waals surface area contributed by atoms with Crippen LogP contribution in [0.25, 0.3) is 0 Å². The highest BCUT2D eigenvalue weighted by atomic mass is 16.5. The van der Waals surface area contributed by atoms with Gasteiger partial charge in [-0.05, 0) is 30.5 Å². The summed E-state index contributed by atoms with van der Waals surface area (Å²) in [7, 11) is 1.66. The summed E-state index contributed by atoms with van der Waals surface area (Å²) in [4.78, 5) is 4.30. The number of ether oxygens (including phenoxy) is 1. The Morgan fingerprint density at radius 2 is 2.21 bits per heavy atom. The molecule has 78 valence electrons. The molecule has 0 fully saturated rings. The van der Waals surface area contributed by atoms with Crippen molar-refractivity contribution in [3.05, 3.63) is 24.0 Å². The summed E-state index contributed by atoms with van der Waals surface area (Å²) < 4.78 is 5.23. The van der Waals surface area contributed by atoms with Crippen LogP contribution in [0.4, 0.5) is 0 Å². The molecule has 0 saturated carbocycles. The Hall–Kier alpha value is -1.09. The van der Waals surface area contributed by atoms with Gasteiger partial charge in [-0.1, -0.05) is 13.8 Å². The molecule has 1 heterocycles. The Bertz CT molecular complexity index is 297. The summed E-state index contributed by atoms with van der Waals surface area (Å²) in [6.45, 7) is 4.90. The Labute approximate surface area is 85.3 Å². The predicted octanol–water partition coefficient (Wildman–Crippen LogP) is 1.62. The van der Waals surface area contributed by atoms with E-state index in [4.69, 9.17) is 10.5 Å². The third-order valence-corrected chi connectivity index (χ3v) is 2.27. The van der Waals surface area contributed by atoms with Gasteiger partial charge in [0.25, 0.3) is 0 Å². The molecular weight excluding hydrogens is 176 g/mol. The molecule has 0 atom stereocenters. The van der Waals surface area contributed by atoms with Crippen LogP contribution in [-0.2, 0) is 6.42 Å². The molecule has 0 aliphatic carbocycles. The van der Waals surface area contributed by atoms with Gasteiger partial charge in [-0.2, -0.15) is 0 Å². The highest BCUT2D eigenvalue weighted by molar-refractivity contribution is 5.27. The minimum absolute atomic E-state index is 0.0711. The first-order valence-electron chi connectivity index (χ1n) is 4.77. The molecule has 2 N–H and O–H groups in total. The number of pyridine rings is 1. The molecule has 14 heavy (non-hydrogen) atoms. The van der Waals surface area contributed by atoms with Gasteiger partial charge in [0.2, 0.25) is 0 Å². The molecule has 0 aromatic carbocycles. The van der Waals surface area contributed by atoms with Crippen LogP contribution in [0.2, 0.25) is 0 Å². The lowest BCUT2D eigenvalue weighted by atomic mass is 9.87. The van der Waals surface area contributed by atoms with Gasteiger partial charge in [0, 0.05) is 6.20 Å². The van der Waals surface area contributed by atoms with Gasteiger partial charge >= 0.3 is 0 Å². The molecule has 0 aliphatic rings. The van der Waals surface area contributed by atoms with Crippen molar-refractivity contribution >= 4 is 0 Å². The summed E-state index contributed by atoms with van der Waals surface area (Å²) >= 11 is 0. The number of nitrogens with two attached hydrogens (primary N) is 1. The number of aromatic nitrogens is 1. The molecule has 3 heteroatoms. The average molecular weight is 194 g/mol. The highest BCUT2D eigenvalue weighted by Crippen LogP contribution is 2.24. The number of hydrogen-bond acceptors (Lipinski definition) is 3. The smallest absolute Gasteiger partial charge is 0.140 e. The largest absolute Gasteiger partial charge is 0.495 e. The summed E-state index contributed by atoms with van der Waals surface area (Å²) in [6.07, 6.45) is 2.62. The monoisotopic (exact) mass is 194 g/mol. The minimum atomic E-state index is 0.0711. The van der Waals surface area contributed by atoms with Gasteiger partial charge in [-0.25, -0.2) is 0 Å². The minimum Gasteiger partial charge on any atom is -0.495 e. The summed E-state index contributed by atoms with van der Waals surface area (Å²) in [5.41, 5.74) is 6.73. The van der Waals surface area contributed by atoms with E-state index in [1.807, 2.05) is 12.1 Å². The van der Waals surface area contributed by atoms with Crippen LogP contribution >= 0.6 is 0 Å². The van der Waals surface area contributed by atoms with Gasteiger partial charge in [-0.15, -0.1) is 0 Å². The molecule has 1 rings (SSSR count). The first kappa shape index (κ1) is 11.0. The molecule has 0 bridgehead atoms. The van der Waals surface area contributed by atoms with Crippen LogP contribution < -0.4 is 10.5 Å². The molecule has 0 saturated heterocycles. The maximum absolute atomic E-state index is 5.68. The number of rotatable bonds is 4. The van der Waals surface area contributed by atoms with Crippen molar-refractivity contribution in [1.29, 1.82) is 0 Å². The van der Waals surface area contributed by atoms with E-state index in [2.05, 4.69) is 18.8 Å². The maximum atomic E-state index is 5.68. The fourth-order valence-corrected chi connectivity index (χ4v) is 1.27. The third kappa shape index (κ3) is 2.70. The third-order valence-electron chi connectivity index (χ3n) is 2.27. The number of hydrogen-bond donors (Lipinski definition) is 1. The van der Waals surface area contributed by atoms with E-state index in [-0.39, 0.29) is 5.41 Å². The van der Waals surface area contributed by atoms with Crippen molar-refractivity contribution in [1.82, 2.24) is 4.98 Å². The van der Waals surface area contributed by atoms with E-state index in [1.54, 1.807) is 13.3 Å². The second kappa shape index (κ2) is 4.42. The van der Waals surface area contributed by atoms with Gasteiger partial charge < -0.3 is 10.5 Å². The van der Waals surface area contributed by atoms with Crippen LogP contribution in [0.1, 0.15) is 19.5 Å². The standard InChI is InChI=1S/C11H18N2O/c1-11(2,8-12)7-9-10(14-3)5-4-6-13-9/h4-6H,7-8,12H2,1-3H3. The van der Waals surface area contributed by atoms with Crippen LogP contribution in [0.5, 0.6) is 5.75 Å². The Morgan fingerprint density at radius 1 is 1.50 bits per heavy atom. The van der Waals surface area contributed by atoms with Crippen LogP contribution in [0.3, 0.4) is 0 Å². The van der Waals surface area contributed by atoms with Crippen molar-refractivity contribution in [3.63, 3.8) is 0 Å². The molecular formula is C11H18N2O. The zero-order valence-corrected chi connectivity index (χ0v) is 9.08.